The molecule has 1 N–H and O–H groups in total. The van der Waals surface area contributed by atoms with Gasteiger partial charge in [-0.2, -0.15) is 4.52 Å². The lowest BCUT2D eigenvalue weighted by molar-refractivity contribution is 0.582. The molecule has 1 fully saturated rings. The van der Waals surface area contributed by atoms with Crippen LogP contribution in [0.5, 0.6) is 0 Å². The maximum absolute atomic E-state index is 4.69. The van der Waals surface area contributed by atoms with Crippen molar-refractivity contribution in [1.29, 1.82) is 0 Å². The van der Waals surface area contributed by atoms with Crippen LogP contribution < -0.4 is 5.32 Å². The molecule has 0 radical (unpaired) electrons. The molecule has 1 aromatic carbocycles. The number of aryl methyl sites for hydroxylation is 1. The Bertz CT molecular complexity index is 788. The summed E-state index contributed by atoms with van der Waals surface area (Å²) in [6.45, 7) is 3.18. The minimum absolute atomic E-state index is 0.298. The van der Waals surface area contributed by atoms with Crippen molar-refractivity contribution in [2.45, 2.75) is 35.9 Å². The summed E-state index contributed by atoms with van der Waals surface area (Å²) in [7, 11) is 0. The number of rotatable bonds is 4. The van der Waals surface area contributed by atoms with Crippen molar-refractivity contribution in [1.82, 2.24) is 25.1 Å². The van der Waals surface area contributed by atoms with Crippen molar-refractivity contribution >= 4 is 28.1 Å². The first kappa shape index (κ1) is 14.2. The summed E-state index contributed by atoms with van der Waals surface area (Å²) in [6, 6.07) is 8.91. The van der Waals surface area contributed by atoms with E-state index in [1.807, 2.05) is 4.52 Å². The summed E-state index contributed by atoms with van der Waals surface area (Å²) in [6.07, 6.45) is 2.31. The highest BCUT2D eigenvalue weighted by Gasteiger charge is 2.23. The van der Waals surface area contributed by atoms with E-state index in [-0.39, 0.29) is 0 Å². The molecule has 3 aromatic rings. The molecular formula is C15H17N5S2. The predicted octanol–water partition coefficient (Wildman–Crippen LogP) is 3.21. The van der Waals surface area contributed by atoms with Crippen molar-refractivity contribution in [3.63, 3.8) is 0 Å². The average molecular weight is 331 g/mol. The molecule has 0 amide bonds. The van der Waals surface area contributed by atoms with Crippen LogP contribution in [0.4, 0.5) is 0 Å². The Morgan fingerprint density at radius 2 is 2.36 bits per heavy atom. The van der Waals surface area contributed by atoms with Crippen molar-refractivity contribution in [2.75, 3.05) is 6.54 Å². The molecule has 0 bridgehead atoms. The number of thioether (sulfide) groups is 1. The van der Waals surface area contributed by atoms with Crippen LogP contribution in [0, 0.1) is 6.92 Å². The van der Waals surface area contributed by atoms with E-state index in [9.17, 15) is 0 Å². The molecule has 114 valence electrons. The van der Waals surface area contributed by atoms with Gasteiger partial charge in [0, 0.05) is 5.75 Å². The second-order valence-corrected chi connectivity index (χ2v) is 7.73. The maximum atomic E-state index is 4.69. The van der Waals surface area contributed by atoms with E-state index in [1.54, 1.807) is 23.1 Å². The van der Waals surface area contributed by atoms with Gasteiger partial charge in [0.05, 0.1) is 6.04 Å². The third-order valence-corrected chi connectivity index (χ3v) is 5.92. The number of aromatic nitrogens is 4. The highest BCUT2D eigenvalue weighted by atomic mass is 32.2. The van der Waals surface area contributed by atoms with Crippen LogP contribution in [0.25, 0.3) is 4.96 Å². The van der Waals surface area contributed by atoms with Crippen molar-refractivity contribution in [3.8, 4) is 0 Å². The number of nitrogens with one attached hydrogen (secondary N) is 1. The first-order chi connectivity index (χ1) is 10.8. The zero-order chi connectivity index (χ0) is 14.9. The zero-order valence-corrected chi connectivity index (χ0v) is 14.0. The van der Waals surface area contributed by atoms with Crippen LogP contribution in [0.3, 0.4) is 0 Å². The second kappa shape index (κ2) is 5.98. The summed E-state index contributed by atoms with van der Waals surface area (Å²) in [5.74, 6) is 1.88. The van der Waals surface area contributed by atoms with Crippen LogP contribution in [0.1, 0.15) is 35.8 Å². The van der Waals surface area contributed by atoms with Crippen LogP contribution in [-0.4, -0.2) is 26.4 Å². The summed E-state index contributed by atoms with van der Waals surface area (Å²) in [5.41, 5.74) is 2.62. The Morgan fingerprint density at radius 3 is 3.18 bits per heavy atom. The van der Waals surface area contributed by atoms with Gasteiger partial charge in [-0.1, -0.05) is 52.9 Å². The molecule has 0 spiro atoms. The second-order valence-electron chi connectivity index (χ2n) is 5.55. The maximum Gasteiger partial charge on any atom is 0.235 e. The van der Waals surface area contributed by atoms with Crippen LogP contribution in [-0.2, 0) is 5.75 Å². The molecule has 22 heavy (non-hydrogen) atoms. The van der Waals surface area contributed by atoms with Crippen LogP contribution in [0.15, 0.2) is 28.6 Å². The van der Waals surface area contributed by atoms with E-state index >= 15 is 0 Å². The minimum atomic E-state index is 0.298. The average Bonchev–Trinajstić information content (AvgIpc) is 3.21. The monoisotopic (exact) mass is 331 g/mol. The number of nitrogens with zero attached hydrogens (tertiary/aromatic N) is 4. The summed E-state index contributed by atoms with van der Waals surface area (Å²) < 4.78 is 2.96. The van der Waals surface area contributed by atoms with Gasteiger partial charge in [-0.25, -0.2) is 0 Å². The van der Waals surface area contributed by atoms with Crippen molar-refractivity contribution < 1.29 is 0 Å². The minimum Gasteiger partial charge on any atom is -0.307 e. The Hall–Kier alpha value is -1.44. The van der Waals surface area contributed by atoms with Crippen molar-refractivity contribution in [2.24, 2.45) is 0 Å². The molecule has 0 aliphatic carbocycles. The molecule has 1 saturated heterocycles. The van der Waals surface area contributed by atoms with Gasteiger partial charge in [0.2, 0.25) is 4.96 Å². The lowest BCUT2D eigenvalue weighted by atomic mass is 10.2. The Morgan fingerprint density at radius 1 is 1.41 bits per heavy atom. The Kier molecular flexibility index (Phi) is 3.85. The summed E-state index contributed by atoms with van der Waals surface area (Å²) >= 11 is 3.38. The van der Waals surface area contributed by atoms with Gasteiger partial charge in [-0.3, -0.25) is 0 Å². The van der Waals surface area contributed by atoms with Gasteiger partial charge >= 0.3 is 0 Å². The van der Waals surface area contributed by atoms with Gasteiger partial charge in [0.25, 0.3) is 0 Å². The highest BCUT2D eigenvalue weighted by Crippen LogP contribution is 2.30. The molecule has 1 atom stereocenters. The smallest absolute Gasteiger partial charge is 0.235 e. The largest absolute Gasteiger partial charge is 0.307 e. The van der Waals surface area contributed by atoms with Gasteiger partial charge in [0.1, 0.15) is 0 Å². The number of hydrogen-bond acceptors (Lipinski definition) is 6. The lowest BCUT2D eigenvalue weighted by Gasteiger charge is -2.05. The van der Waals surface area contributed by atoms with E-state index in [0.29, 0.717) is 6.04 Å². The zero-order valence-electron chi connectivity index (χ0n) is 12.3. The highest BCUT2D eigenvalue weighted by molar-refractivity contribution is 8.00. The molecule has 0 unspecified atom stereocenters. The molecule has 7 heteroatoms. The normalized spacial score (nSPS) is 18.3. The fourth-order valence-electron chi connectivity index (χ4n) is 2.74. The van der Waals surface area contributed by atoms with E-state index in [0.717, 1.165) is 33.8 Å². The molecule has 3 heterocycles. The quantitative estimate of drug-likeness (QED) is 0.744. The van der Waals surface area contributed by atoms with E-state index in [1.165, 1.54) is 17.5 Å². The molecule has 1 aliphatic rings. The van der Waals surface area contributed by atoms with Gasteiger partial charge < -0.3 is 5.32 Å². The fourth-order valence-corrected chi connectivity index (χ4v) is 4.57. The molecular weight excluding hydrogens is 314 g/mol. The predicted molar refractivity (Wildman–Crippen MR) is 89.4 cm³/mol. The van der Waals surface area contributed by atoms with Crippen LogP contribution >= 0.6 is 23.1 Å². The Balaban J connectivity index is 1.53. The van der Waals surface area contributed by atoms with Crippen molar-refractivity contribution in [3.05, 3.63) is 41.2 Å². The van der Waals surface area contributed by atoms with Gasteiger partial charge in [0.15, 0.2) is 10.2 Å². The lowest BCUT2D eigenvalue weighted by Crippen LogP contribution is -2.16. The summed E-state index contributed by atoms with van der Waals surface area (Å²) in [5, 5.41) is 16.7. The molecule has 4 rings (SSSR count). The molecule has 0 saturated carbocycles. The standard InChI is InChI=1S/C15H17N5S2/c1-10-4-2-5-11(8-10)9-21-15-19-20-13(12-6-3-7-16-12)17-18-14(20)22-15/h2,4-5,8,12,16H,3,6-7,9H2,1H3/t12-/m1/s1. The van der Waals surface area contributed by atoms with E-state index in [2.05, 4.69) is 51.8 Å². The topological polar surface area (TPSA) is 55.1 Å². The third-order valence-electron chi connectivity index (χ3n) is 3.81. The van der Waals surface area contributed by atoms with E-state index in [4.69, 9.17) is 0 Å². The molecule has 1 aliphatic heterocycles. The first-order valence-corrected chi connectivity index (χ1v) is 9.24. The molecule has 5 nitrogen and oxygen atoms in total. The third kappa shape index (κ3) is 2.76. The SMILES string of the molecule is Cc1cccc(CSc2nn3c([C@H]4CCCN4)nnc3s2)c1. The number of hydrogen-bond donors (Lipinski definition) is 1. The molecule has 2 aromatic heterocycles. The summed E-state index contributed by atoms with van der Waals surface area (Å²) in [4.78, 5) is 0.885. The van der Waals surface area contributed by atoms with Gasteiger partial charge in [-0.15, -0.1) is 15.3 Å². The first-order valence-electron chi connectivity index (χ1n) is 7.43. The fraction of sp³-hybridized carbons (Fsp3) is 0.400. The van der Waals surface area contributed by atoms with Crippen LogP contribution in [0.2, 0.25) is 0 Å². The number of benzene rings is 1. The number of fused-ring (bicyclic) bond motifs is 1. The Labute approximate surface area is 137 Å². The van der Waals surface area contributed by atoms with Gasteiger partial charge in [-0.05, 0) is 31.9 Å². The van der Waals surface area contributed by atoms with E-state index < -0.39 is 0 Å².